The SMILES string of the molecule is C=C(Nc1c[nH]c(=C)/c1=C\C(=C/C)c1cccc(CN2CCCC(C)C2)c1)/C(C=NC)=C/C. The van der Waals surface area contributed by atoms with Gasteiger partial charge in [-0.15, -0.1) is 0 Å². The zero-order valence-electron chi connectivity index (χ0n) is 20.6. The number of rotatable bonds is 8. The Morgan fingerprint density at radius 3 is 2.82 bits per heavy atom. The number of hydrogen-bond acceptors (Lipinski definition) is 3. The monoisotopic (exact) mass is 442 g/mol. The Morgan fingerprint density at radius 2 is 2.12 bits per heavy atom. The largest absolute Gasteiger partial charge is 0.360 e. The Hall–Kier alpha value is -3.11. The highest BCUT2D eigenvalue weighted by Crippen LogP contribution is 2.21. The summed E-state index contributed by atoms with van der Waals surface area (Å²) in [5.41, 5.74) is 6.46. The predicted octanol–water partition coefficient (Wildman–Crippen LogP) is 5.11. The summed E-state index contributed by atoms with van der Waals surface area (Å²) in [5.74, 6) is 0.790. The number of nitrogens with zero attached hydrogens (tertiary/aromatic N) is 2. The van der Waals surface area contributed by atoms with Gasteiger partial charge in [-0.2, -0.15) is 0 Å². The summed E-state index contributed by atoms with van der Waals surface area (Å²) in [6, 6.07) is 8.92. The van der Waals surface area contributed by atoms with Gasteiger partial charge in [-0.1, -0.05) is 50.4 Å². The van der Waals surface area contributed by atoms with Crippen molar-refractivity contribution < 1.29 is 0 Å². The summed E-state index contributed by atoms with van der Waals surface area (Å²) in [5, 5.41) is 5.33. The van der Waals surface area contributed by atoms with Crippen LogP contribution in [0.15, 0.2) is 65.5 Å². The highest BCUT2D eigenvalue weighted by molar-refractivity contribution is 5.90. The first-order valence-corrected chi connectivity index (χ1v) is 11.9. The smallest absolute Gasteiger partial charge is 0.0641 e. The van der Waals surface area contributed by atoms with E-state index in [1.165, 1.54) is 42.6 Å². The van der Waals surface area contributed by atoms with Gasteiger partial charge in [0.2, 0.25) is 0 Å². The number of aliphatic imine (C=N–C) groups is 1. The third kappa shape index (κ3) is 6.45. The number of aromatic nitrogens is 1. The number of allylic oxidation sites excluding steroid dienone is 4. The summed E-state index contributed by atoms with van der Waals surface area (Å²) in [6.07, 6.45) is 12.7. The van der Waals surface area contributed by atoms with E-state index in [0.29, 0.717) is 0 Å². The Morgan fingerprint density at radius 1 is 1.30 bits per heavy atom. The fourth-order valence-electron chi connectivity index (χ4n) is 4.47. The zero-order valence-corrected chi connectivity index (χ0v) is 20.6. The van der Waals surface area contributed by atoms with Gasteiger partial charge in [0.15, 0.2) is 0 Å². The lowest BCUT2D eigenvalue weighted by molar-refractivity contribution is 0.176. The van der Waals surface area contributed by atoms with Crippen LogP contribution in [0.5, 0.6) is 0 Å². The highest BCUT2D eigenvalue weighted by atomic mass is 15.1. The molecule has 1 atom stereocenters. The molecule has 0 radical (unpaired) electrons. The van der Waals surface area contributed by atoms with Crippen molar-refractivity contribution in [3.8, 4) is 0 Å². The molecule has 1 aromatic carbocycles. The van der Waals surface area contributed by atoms with Crippen molar-refractivity contribution in [2.75, 3.05) is 25.5 Å². The predicted molar refractivity (Wildman–Crippen MR) is 145 cm³/mol. The summed E-state index contributed by atoms with van der Waals surface area (Å²) in [4.78, 5) is 9.95. The molecule has 2 aromatic rings. The molecule has 3 rings (SSSR count). The molecule has 1 saturated heterocycles. The molecule has 174 valence electrons. The van der Waals surface area contributed by atoms with Crippen molar-refractivity contribution in [2.24, 2.45) is 10.9 Å². The number of hydrogen-bond donors (Lipinski definition) is 2. The van der Waals surface area contributed by atoms with Crippen LogP contribution < -0.4 is 15.9 Å². The normalized spacial score (nSPS) is 18.8. The van der Waals surface area contributed by atoms with Crippen molar-refractivity contribution in [2.45, 2.75) is 40.2 Å². The summed E-state index contributed by atoms with van der Waals surface area (Å²) in [6.45, 7) is 18.2. The molecule has 0 bridgehead atoms. The summed E-state index contributed by atoms with van der Waals surface area (Å²) >= 11 is 0. The number of anilines is 1. The van der Waals surface area contributed by atoms with Gasteiger partial charge in [-0.3, -0.25) is 9.89 Å². The molecule has 1 aliphatic heterocycles. The van der Waals surface area contributed by atoms with Gasteiger partial charge in [0, 0.05) is 54.4 Å². The van der Waals surface area contributed by atoms with Crippen LogP contribution in [0.2, 0.25) is 0 Å². The topological polar surface area (TPSA) is 43.4 Å². The van der Waals surface area contributed by atoms with Crippen LogP contribution in [0.3, 0.4) is 0 Å². The van der Waals surface area contributed by atoms with E-state index in [0.717, 1.165) is 40.0 Å². The quantitative estimate of drug-likeness (QED) is 0.441. The number of likely N-dealkylation sites (tertiary alicyclic amines) is 1. The van der Waals surface area contributed by atoms with Crippen LogP contribution in [0, 0.1) is 5.92 Å². The van der Waals surface area contributed by atoms with E-state index < -0.39 is 0 Å². The molecule has 2 N–H and O–H groups in total. The minimum absolute atomic E-state index is 0.790. The van der Waals surface area contributed by atoms with E-state index in [9.17, 15) is 0 Å². The molecule has 0 spiro atoms. The minimum atomic E-state index is 0.790. The van der Waals surface area contributed by atoms with Crippen LogP contribution in [0.1, 0.15) is 44.7 Å². The van der Waals surface area contributed by atoms with Crippen LogP contribution in [-0.2, 0) is 6.54 Å². The maximum absolute atomic E-state index is 4.20. The Bertz CT molecular complexity index is 1160. The molecule has 33 heavy (non-hydrogen) atoms. The number of benzene rings is 1. The van der Waals surface area contributed by atoms with E-state index in [2.05, 4.69) is 83.6 Å². The molecular weight excluding hydrogens is 404 g/mol. The van der Waals surface area contributed by atoms with E-state index >= 15 is 0 Å². The first-order chi connectivity index (χ1) is 15.9. The van der Waals surface area contributed by atoms with E-state index in [4.69, 9.17) is 0 Å². The van der Waals surface area contributed by atoms with Crippen molar-refractivity contribution in [1.29, 1.82) is 0 Å². The van der Waals surface area contributed by atoms with Crippen molar-refractivity contribution >= 4 is 30.1 Å². The van der Waals surface area contributed by atoms with Crippen molar-refractivity contribution in [3.05, 3.63) is 82.2 Å². The summed E-state index contributed by atoms with van der Waals surface area (Å²) < 4.78 is 0. The first kappa shape index (κ1) is 24.5. The zero-order chi connectivity index (χ0) is 23.8. The number of aromatic amines is 1. The average molecular weight is 443 g/mol. The number of nitrogens with one attached hydrogen (secondary N) is 2. The third-order valence-corrected chi connectivity index (χ3v) is 6.24. The lowest BCUT2D eigenvalue weighted by Crippen LogP contribution is -2.33. The van der Waals surface area contributed by atoms with Gasteiger partial charge < -0.3 is 10.3 Å². The van der Waals surface area contributed by atoms with Crippen LogP contribution >= 0.6 is 0 Å². The maximum Gasteiger partial charge on any atom is 0.0641 e. The molecule has 1 aromatic heterocycles. The minimum Gasteiger partial charge on any atom is -0.360 e. The molecule has 1 fully saturated rings. The standard InChI is InChI=1S/C29H38N4/c1-7-25(27-13-9-12-24(15-27)20-33-14-10-11-21(3)19-33)16-28-23(5)31-18-29(28)32-22(4)26(8-2)17-30-6/h7-9,12-13,15-18,21,31-32H,4-5,10-11,14,19-20H2,1-3,6H3/b25-7+,26-8+,28-16+,30-17?. The molecule has 1 unspecified atom stereocenters. The Balaban J connectivity index is 1.87. The van der Waals surface area contributed by atoms with Gasteiger partial charge in [0.25, 0.3) is 0 Å². The Kier molecular flexibility index (Phi) is 8.67. The molecular formula is C29H38N4. The van der Waals surface area contributed by atoms with Gasteiger partial charge in [0.05, 0.1) is 5.69 Å². The first-order valence-electron chi connectivity index (χ1n) is 11.9. The van der Waals surface area contributed by atoms with E-state index in [1.54, 1.807) is 7.05 Å². The molecule has 1 aliphatic rings. The average Bonchev–Trinajstić information content (AvgIpc) is 3.14. The molecule has 0 amide bonds. The second kappa shape index (κ2) is 11.7. The van der Waals surface area contributed by atoms with Gasteiger partial charge in [-0.05, 0) is 68.0 Å². The summed E-state index contributed by atoms with van der Waals surface area (Å²) in [7, 11) is 1.76. The second-order valence-electron chi connectivity index (χ2n) is 8.90. The molecule has 0 aliphatic carbocycles. The molecule has 0 saturated carbocycles. The molecule has 4 nitrogen and oxygen atoms in total. The van der Waals surface area contributed by atoms with Crippen molar-refractivity contribution in [1.82, 2.24) is 9.88 Å². The lowest BCUT2D eigenvalue weighted by atomic mass is 9.98. The fraction of sp³-hybridized carbons (Fsp3) is 0.345. The molecule has 4 heteroatoms. The van der Waals surface area contributed by atoms with Crippen LogP contribution in [0.25, 0.3) is 18.2 Å². The number of piperidine rings is 1. The van der Waals surface area contributed by atoms with Gasteiger partial charge in [-0.25, -0.2) is 0 Å². The van der Waals surface area contributed by atoms with Crippen molar-refractivity contribution in [3.63, 3.8) is 0 Å². The lowest BCUT2D eigenvalue weighted by Gasteiger charge is -2.30. The van der Waals surface area contributed by atoms with Gasteiger partial charge >= 0.3 is 0 Å². The molecule has 2 heterocycles. The van der Waals surface area contributed by atoms with Gasteiger partial charge in [0.1, 0.15) is 0 Å². The van der Waals surface area contributed by atoms with Crippen LogP contribution in [0.4, 0.5) is 5.69 Å². The number of H-pyrrole nitrogens is 1. The third-order valence-electron chi connectivity index (χ3n) is 6.24. The highest BCUT2D eigenvalue weighted by Gasteiger charge is 2.16. The Labute approximate surface area is 198 Å². The fourth-order valence-corrected chi connectivity index (χ4v) is 4.47. The van der Waals surface area contributed by atoms with E-state index in [-0.39, 0.29) is 0 Å². The second-order valence-corrected chi connectivity index (χ2v) is 8.90. The maximum atomic E-state index is 4.20. The van der Waals surface area contributed by atoms with Crippen LogP contribution in [-0.4, -0.2) is 36.2 Å². The van der Waals surface area contributed by atoms with E-state index in [1.807, 2.05) is 25.4 Å².